The Balaban J connectivity index is 1.41. The molecule has 0 unspecified atom stereocenters. The van der Waals surface area contributed by atoms with Crippen molar-refractivity contribution in [2.24, 2.45) is 0 Å². The molecule has 2 aliphatic rings. The summed E-state index contributed by atoms with van der Waals surface area (Å²) in [7, 11) is -3.29. The van der Waals surface area contributed by atoms with Crippen LogP contribution in [0.1, 0.15) is 18.4 Å². The van der Waals surface area contributed by atoms with Gasteiger partial charge in [0.15, 0.2) is 5.13 Å². The monoisotopic (exact) mass is 392 g/mol. The summed E-state index contributed by atoms with van der Waals surface area (Å²) < 4.78 is 28.6. The largest absolute Gasteiger partial charge is 0.345 e. The van der Waals surface area contributed by atoms with Gasteiger partial charge >= 0.3 is 0 Å². The first-order valence-electron chi connectivity index (χ1n) is 9.07. The summed E-state index contributed by atoms with van der Waals surface area (Å²) >= 11 is 1.63. The zero-order valence-electron chi connectivity index (χ0n) is 15.0. The molecule has 0 atom stereocenters. The van der Waals surface area contributed by atoms with Gasteiger partial charge in [0.25, 0.3) is 10.2 Å². The van der Waals surface area contributed by atoms with Crippen LogP contribution in [0, 0.1) is 6.92 Å². The number of aromatic nitrogens is 1. The molecule has 2 fully saturated rings. The summed E-state index contributed by atoms with van der Waals surface area (Å²) in [6, 6.07) is 8.37. The first kappa shape index (κ1) is 17.9. The lowest BCUT2D eigenvalue weighted by Gasteiger charge is -2.35. The zero-order chi connectivity index (χ0) is 18.1. The van der Waals surface area contributed by atoms with E-state index in [1.807, 2.05) is 0 Å². The summed E-state index contributed by atoms with van der Waals surface area (Å²) in [5, 5.41) is 3.05. The standard InChI is InChI=1S/C18H24N4O2S2/c1-15-4-6-16(7-5-15)17-14-25-18(19-17)20-10-12-22(13-11-20)26(23,24)21-8-2-3-9-21/h4-7,14H,2-3,8-13H2,1H3. The average Bonchev–Trinajstić information content (AvgIpc) is 3.35. The number of nitrogens with zero attached hydrogens (tertiary/aromatic N) is 4. The van der Waals surface area contributed by atoms with E-state index in [0.29, 0.717) is 39.3 Å². The Bertz CT molecular complexity index is 850. The summed E-state index contributed by atoms with van der Waals surface area (Å²) in [4.78, 5) is 6.96. The van der Waals surface area contributed by atoms with Gasteiger partial charge in [-0.25, -0.2) is 4.98 Å². The first-order chi connectivity index (χ1) is 12.5. The minimum Gasteiger partial charge on any atom is -0.345 e. The molecule has 0 amide bonds. The maximum absolute atomic E-state index is 12.7. The van der Waals surface area contributed by atoms with Crippen molar-refractivity contribution in [3.05, 3.63) is 35.2 Å². The molecule has 2 aromatic rings. The Kier molecular flexibility index (Phi) is 5.00. The number of benzene rings is 1. The molecule has 0 bridgehead atoms. The zero-order valence-corrected chi connectivity index (χ0v) is 16.6. The SMILES string of the molecule is Cc1ccc(-c2csc(N3CCN(S(=O)(=O)N4CCCC4)CC3)n2)cc1. The maximum atomic E-state index is 12.7. The van der Waals surface area contributed by atoms with Crippen molar-refractivity contribution in [2.75, 3.05) is 44.2 Å². The van der Waals surface area contributed by atoms with Gasteiger partial charge < -0.3 is 4.90 Å². The molecule has 3 heterocycles. The van der Waals surface area contributed by atoms with E-state index in [1.165, 1.54) is 5.56 Å². The topological polar surface area (TPSA) is 56.8 Å². The highest BCUT2D eigenvalue weighted by atomic mass is 32.2. The number of piperazine rings is 1. The molecule has 2 saturated heterocycles. The number of hydrogen-bond donors (Lipinski definition) is 0. The van der Waals surface area contributed by atoms with Crippen molar-refractivity contribution in [3.63, 3.8) is 0 Å². The molecule has 1 aromatic carbocycles. The van der Waals surface area contributed by atoms with E-state index >= 15 is 0 Å². The fraction of sp³-hybridized carbons (Fsp3) is 0.500. The van der Waals surface area contributed by atoms with Gasteiger partial charge in [-0.2, -0.15) is 17.0 Å². The van der Waals surface area contributed by atoms with Crippen molar-refractivity contribution >= 4 is 26.7 Å². The Morgan fingerprint density at radius 3 is 2.19 bits per heavy atom. The van der Waals surface area contributed by atoms with Crippen LogP contribution in [0.3, 0.4) is 0 Å². The van der Waals surface area contributed by atoms with Gasteiger partial charge in [-0.15, -0.1) is 11.3 Å². The van der Waals surface area contributed by atoms with E-state index in [9.17, 15) is 8.42 Å². The van der Waals surface area contributed by atoms with Crippen molar-refractivity contribution in [1.29, 1.82) is 0 Å². The summed E-state index contributed by atoms with van der Waals surface area (Å²) in [5.41, 5.74) is 3.34. The fourth-order valence-corrected chi connectivity index (χ4v) is 6.02. The lowest BCUT2D eigenvalue weighted by molar-refractivity contribution is 0.343. The third-order valence-corrected chi connectivity index (χ3v) is 8.00. The van der Waals surface area contributed by atoms with Gasteiger partial charge in [-0.3, -0.25) is 0 Å². The average molecular weight is 393 g/mol. The van der Waals surface area contributed by atoms with Gasteiger partial charge in [-0.1, -0.05) is 29.8 Å². The van der Waals surface area contributed by atoms with Crippen molar-refractivity contribution in [2.45, 2.75) is 19.8 Å². The minimum atomic E-state index is -3.29. The minimum absolute atomic E-state index is 0.526. The highest BCUT2D eigenvalue weighted by Gasteiger charge is 2.34. The van der Waals surface area contributed by atoms with Crippen LogP contribution in [-0.2, 0) is 10.2 Å². The van der Waals surface area contributed by atoms with E-state index in [1.54, 1.807) is 19.9 Å². The van der Waals surface area contributed by atoms with Crippen LogP contribution in [0.2, 0.25) is 0 Å². The summed E-state index contributed by atoms with van der Waals surface area (Å²) in [5.74, 6) is 0. The highest BCUT2D eigenvalue weighted by molar-refractivity contribution is 7.86. The van der Waals surface area contributed by atoms with E-state index in [4.69, 9.17) is 4.98 Å². The molecule has 4 rings (SSSR count). The van der Waals surface area contributed by atoms with Crippen molar-refractivity contribution < 1.29 is 8.42 Å². The molecular formula is C18H24N4O2S2. The fourth-order valence-electron chi connectivity index (χ4n) is 3.46. The number of anilines is 1. The molecule has 140 valence electrons. The Morgan fingerprint density at radius 1 is 0.923 bits per heavy atom. The van der Waals surface area contributed by atoms with Crippen LogP contribution in [0.4, 0.5) is 5.13 Å². The summed E-state index contributed by atoms with van der Waals surface area (Å²) in [6.07, 6.45) is 1.94. The first-order valence-corrected chi connectivity index (χ1v) is 11.3. The lowest BCUT2D eigenvalue weighted by atomic mass is 10.1. The number of hydrogen-bond acceptors (Lipinski definition) is 5. The van der Waals surface area contributed by atoms with Crippen molar-refractivity contribution in [3.8, 4) is 11.3 Å². The second-order valence-electron chi connectivity index (χ2n) is 6.88. The van der Waals surface area contributed by atoms with Gasteiger partial charge in [0.05, 0.1) is 5.69 Å². The molecule has 0 spiro atoms. The molecule has 0 N–H and O–H groups in total. The number of thiazole rings is 1. The van der Waals surface area contributed by atoms with E-state index < -0.39 is 10.2 Å². The highest BCUT2D eigenvalue weighted by Crippen LogP contribution is 2.29. The predicted molar refractivity (Wildman–Crippen MR) is 106 cm³/mol. The molecular weight excluding hydrogens is 368 g/mol. The normalized spacial score (nSPS) is 20.0. The number of aryl methyl sites for hydroxylation is 1. The Hall–Kier alpha value is -1.48. The second kappa shape index (κ2) is 7.26. The Morgan fingerprint density at radius 2 is 1.54 bits per heavy atom. The van der Waals surface area contributed by atoms with Crippen LogP contribution in [0.25, 0.3) is 11.3 Å². The predicted octanol–water partition coefficient (Wildman–Crippen LogP) is 2.58. The quantitative estimate of drug-likeness (QED) is 0.803. The molecule has 1 aromatic heterocycles. The number of rotatable bonds is 4. The molecule has 0 radical (unpaired) electrons. The second-order valence-corrected chi connectivity index (χ2v) is 9.65. The molecule has 0 aliphatic carbocycles. The van der Waals surface area contributed by atoms with E-state index in [0.717, 1.165) is 29.2 Å². The van der Waals surface area contributed by atoms with Gasteiger partial charge in [0, 0.05) is 50.2 Å². The Labute approximate surface area is 159 Å². The maximum Gasteiger partial charge on any atom is 0.282 e. The van der Waals surface area contributed by atoms with Gasteiger partial charge in [0.1, 0.15) is 0 Å². The van der Waals surface area contributed by atoms with E-state index in [2.05, 4.69) is 41.5 Å². The van der Waals surface area contributed by atoms with E-state index in [-0.39, 0.29) is 0 Å². The van der Waals surface area contributed by atoms with Gasteiger partial charge in [0.2, 0.25) is 0 Å². The molecule has 8 heteroatoms. The molecule has 6 nitrogen and oxygen atoms in total. The third kappa shape index (κ3) is 3.51. The van der Waals surface area contributed by atoms with Gasteiger partial charge in [-0.05, 0) is 19.8 Å². The third-order valence-electron chi connectivity index (χ3n) is 5.07. The lowest BCUT2D eigenvalue weighted by Crippen LogP contribution is -2.52. The molecule has 2 aliphatic heterocycles. The van der Waals surface area contributed by atoms with Crippen LogP contribution in [0.5, 0.6) is 0 Å². The van der Waals surface area contributed by atoms with Crippen LogP contribution < -0.4 is 4.90 Å². The van der Waals surface area contributed by atoms with Crippen LogP contribution in [0.15, 0.2) is 29.6 Å². The van der Waals surface area contributed by atoms with Crippen LogP contribution in [-0.4, -0.2) is 61.3 Å². The summed E-state index contributed by atoms with van der Waals surface area (Å²) in [6.45, 7) is 5.83. The van der Waals surface area contributed by atoms with Crippen LogP contribution >= 0.6 is 11.3 Å². The molecule has 0 saturated carbocycles. The van der Waals surface area contributed by atoms with Crippen molar-refractivity contribution in [1.82, 2.24) is 13.6 Å². The smallest absolute Gasteiger partial charge is 0.282 e. The molecule has 26 heavy (non-hydrogen) atoms.